The average Bonchev–Trinajstić information content (AvgIpc) is 2.15. The number of hydrogen-bond acceptors (Lipinski definition) is 1. The molecule has 1 aromatic carbocycles. The zero-order valence-corrected chi connectivity index (χ0v) is 8.83. The lowest BCUT2D eigenvalue weighted by Crippen LogP contribution is -2.14. The summed E-state index contributed by atoms with van der Waals surface area (Å²) < 4.78 is 12.7. The zero-order valence-electron chi connectivity index (χ0n) is 8.83. The highest BCUT2D eigenvalue weighted by Crippen LogP contribution is 2.22. The van der Waals surface area contributed by atoms with Gasteiger partial charge in [-0.1, -0.05) is 26.0 Å². The monoisotopic (exact) mass is 195 g/mol. The molecule has 1 unspecified atom stereocenters. The highest BCUT2D eigenvalue weighted by molar-refractivity contribution is 5.20. The second kappa shape index (κ2) is 5.11. The van der Waals surface area contributed by atoms with Gasteiger partial charge in [-0.25, -0.2) is 4.39 Å². The number of halogens is 1. The summed E-state index contributed by atoms with van der Waals surface area (Å²) in [6.07, 6.45) is 1.06. The molecular weight excluding hydrogens is 177 g/mol. The van der Waals surface area contributed by atoms with Crippen LogP contribution in [0.3, 0.4) is 0 Å². The van der Waals surface area contributed by atoms with Crippen LogP contribution in [0.5, 0.6) is 0 Å². The van der Waals surface area contributed by atoms with Gasteiger partial charge in [-0.2, -0.15) is 0 Å². The van der Waals surface area contributed by atoms with Gasteiger partial charge in [0.15, 0.2) is 0 Å². The predicted molar refractivity (Wildman–Crippen MR) is 57.7 cm³/mol. The third-order valence-corrected chi connectivity index (χ3v) is 2.38. The van der Waals surface area contributed by atoms with Crippen LogP contribution in [0.15, 0.2) is 24.3 Å². The molecule has 78 valence electrons. The molecule has 1 atom stereocenters. The molecule has 0 saturated heterocycles. The number of nitrogens with two attached hydrogens (primary N) is 1. The molecule has 0 spiro atoms. The average molecular weight is 195 g/mol. The van der Waals surface area contributed by atoms with E-state index in [-0.39, 0.29) is 5.82 Å². The Morgan fingerprint density at radius 2 is 1.79 bits per heavy atom. The molecule has 2 N–H and O–H groups in total. The van der Waals surface area contributed by atoms with E-state index < -0.39 is 0 Å². The summed E-state index contributed by atoms with van der Waals surface area (Å²) in [7, 11) is 0. The van der Waals surface area contributed by atoms with E-state index in [1.165, 1.54) is 12.1 Å². The Morgan fingerprint density at radius 1 is 1.21 bits per heavy atom. The SMILES string of the molecule is CC(C)CC(CN)c1ccc(F)cc1. The maximum absolute atomic E-state index is 12.7. The van der Waals surface area contributed by atoms with E-state index in [9.17, 15) is 4.39 Å². The van der Waals surface area contributed by atoms with Crippen molar-refractivity contribution in [2.45, 2.75) is 26.2 Å². The molecular formula is C12H18FN. The Balaban J connectivity index is 2.73. The van der Waals surface area contributed by atoms with Crippen LogP contribution in [0.1, 0.15) is 31.7 Å². The highest BCUT2D eigenvalue weighted by atomic mass is 19.1. The van der Waals surface area contributed by atoms with Crippen LogP contribution in [0.4, 0.5) is 4.39 Å². The van der Waals surface area contributed by atoms with Gasteiger partial charge >= 0.3 is 0 Å². The van der Waals surface area contributed by atoms with Crippen molar-refractivity contribution in [1.29, 1.82) is 0 Å². The van der Waals surface area contributed by atoms with Crippen LogP contribution < -0.4 is 5.73 Å². The quantitative estimate of drug-likeness (QED) is 0.785. The van der Waals surface area contributed by atoms with E-state index in [2.05, 4.69) is 13.8 Å². The van der Waals surface area contributed by atoms with Crippen molar-refractivity contribution in [3.8, 4) is 0 Å². The molecule has 0 amide bonds. The topological polar surface area (TPSA) is 26.0 Å². The van der Waals surface area contributed by atoms with Gasteiger partial charge in [-0.15, -0.1) is 0 Å². The summed E-state index contributed by atoms with van der Waals surface area (Å²) in [6, 6.07) is 6.65. The largest absolute Gasteiger partial charge is 0.330 e. The zero-order chi connectivity index (χ0) is 10.6. The van der Waals surface area contributed by atoms with E-state index in [4.69, 9.17) is 5.73 Å². The van der Waals surface area contributed by atoms with E-state index in [0.717, 1.165) is 12.0 Å². The van der Waals surface area contributed by atoms with Crippen molar-refractivity contribution in [2.24, 2.45) is 11.7 Å². The van der Waals surface area contributed by atoms with Gasteiger partial charge in [0.05, 0.1) is 0 Å². The first-order valence-corrected chi connectivity index (χ1v) is 5.09. The molecule has 1 rings (SSSR count). The van der Waals surface area contributed by atoms with Crippen molar-refractivity contribution in [3.05, 3.63) is 35.6 Å². The van der Waals surface area contributed by atoms with Crippen molar-refractivity contribution in [1.82, 2.24) is 0 Å². The van der Waals surface area contributed by atoms with Gasteiger partial charge in [0, 0.05) is 0 Å². The van der Waals surface area contributed by atoms with E-state index in [0.29, 0.717) is 18.4 Å². The fourth-order valence-corrected chi connectivity index (χ4v) is 1.67. The molecule has 0 aliphatic rings. The molecule has 0 bridgehead atoms. The molecule has 0 heterocycles. The number of benzene rings is 1. The molecule has 1 aromatic rings. The highest BCUT2D eigenvalue weighted by Gasteiger charge is 2.11. The van der Waals surface area contributed by atoms with Crippen molar-refractivity contribution >= 4 is 0 Å². The lowest BCUT2D eigenvalue weighted by atomic mass is 9.90. The fraction of sp³-hybridized carbons (Fsp3) is 0.500. The minimum atomic E-state index is -0.186. The van der Waals surface area contributed by atoms with Crippen LogP contribution in [0.25, 0.3) is 0 Å². The first-order chi connectivity index (χ1) is 6.63. The normalized spacial score (nSPS) is 13.2. The lowest BCUT2D eigenvalue weighted by Gasteiger charge is -2.17. The van der Waals surface area contributed by atoms with Crippen LogP contribution in [-0.4, -0.2) is 6.54 Å². The molecule has 0 aromatic heterocycles. The summed E-state index contributed by atoms with van der Waals surface area (Å²) in [5.74, 6) is 0.790. The third kappa shape index (κ3) is 3.11. The minimum absolute atomic E-state index is 0.186. The summed E-state index contributed by atoms with van der Waals surface area (Å²) in [4.78, 5) is 0. The van der Waals surface area contributed by atoms with Crippen molar-refractivity contribution < 1.29 is 4.39 Å². The van der Waals surface area contributed by atoms with Gasteiger partial charge in [-0.3, -0.25) is 0 Å². The first kappa shape index (κ1) is 11.2. The molecule has 0 aliphatic heterocycles. The van der Waals surface area contributed by atoms with Crippen LogP contribution in [0.2, 0.25) is 0 Å². The van der Waals surface area contributed by atoms with Crippen LogP contribution >= 0.6 is 0 Å². The second-order valence-electron chi connectivity index (χ2n) is 4.11. The van der Waals surface area contributed by atoms with Gasteiger partial charge < -0.3 is 5.73 Å². The van der Waals surface area contributed by atoms with Crippen molar-refractivity contribution in [3.63, 3.8) is 0 Å². The Labute approximate surface area is 85.1 Å². The maximum Gasteiger partial charge on any atom is 0.123 e. The first-order valence-electron chi connectivity index (χ1n) is 5.09. The standard InChI is InChI=1S/C12H18FN/c1-9(2)7-11(8-14)10-3-5-12(13)6-4-10/h3-6,9,11H,7-8,14H2,1-2H3. The Hall–Kier alpha value is -0.890. The Bertz CT molecular complexity index is 266. The molecule has 0 fully saturated rings. The van der Waals surface area contributed by atoms with Gasteiger partial charge in [0.25, 0.3) is 0 Å². The molecule has 1 nitrogen and oxygen atoms in total. The summed E-state index contributed by atoms with van der Waals surface area (Å²) >= 11 is 0. The molecule has 0 aliphatic carbocycles. The van der Waals surface area contributed by atoms with Crippen molar-refractivity contribution in [2.75, 3.05) is 6.54 Å². The smallest absolute Gasteiger partial charge is 0.123 e. The molecule has 0 saturated carbocycles. The van der Waals surface area contributed by atoms with Gasteiger partial charge in [-0.05, 0) is 42.5 Å². The Morgan fingerprint density at radius 3 is 2.21 bits per heavy atom. The number of rotatable bonds is 4. The van der Waals surface area contributed by atoms with Gasteiger partial charge in [0.2, 0.25) is 0 Å². The summed E-state index contributed by atoms with van der Waals surface area (Å²) in [5, 5.41) is 0. The van der Waals surface area contributed by atoms with E-state index in [1.54, 1.807) is 0 Å². The van der Waals surface area contributed by atoms with E-state index >= 15 is 0 Å². The predicted octanol–water partition coefficient (Wildman–Crippen LogP) is 2.91. The minimum Gasteiger partial charge on any atom is -0.330 e. The van der Waals surface area contributed by atoms with Crippen LogP contribution in [-0.2, 0) is 0 Å². The third-order valence-electron chi connectivity index (χ3n) is 2.38. The van der Waals surface area contributed by atoms with Crippen LogP contribution in [0, 0.1) is 11.7 Å². The Kier molecular flexibility index (Phi) is 4.08. The molecule has 2 heteroatoms. The second-order valence-corrected chi connectivity index (χ2v) is 4.11. The maximum atomic E-state index is 12.7. The molecule has 14 heavy (non-hydrogen) atoms. The molecule has 0 radical (unpaired) electrons. The van der Waals surface area contributed by atoms with Gasteiger partial charge in [0.1, 0.15) is 5.82 Å². The van der Waals surface area contributed by atoms with E-state index in [1.807, 2.05) is 12.1 Å². The summed E-state index contributed by atoms with van der Waals surface area (Å²) in [5.41, 5.74) is 6.84. The lowest BCUT2D eigenvalue weighted by molar-refractivity contribution is 0.503. The fourth-order valence-electron chi connectivity index (χ4n) is 1.67. The summed E-state index contributed by atoms with van der Waals surface area (Å²) in [6.45, 7) is 4.97. The number of hydrogen-bond donors (Lipinski definition) is 1.